The van der Waals surface area contributed by atoms with Gasteiger partial charge in [0.2, 0.25) is 0 Å². The zero-order valence-electron chi connectivity index (χ0n) is 15.8. The van der Waals surface area contributed by atoms with E-state index >= 15 is 0 Å². The number of hydrogen-bond acceptors (Lipinski definition) is 5. The Morgan fingerprint density at radius 2 is 1.84 bits per heavy atom. The predicted octanol–water partition coefficient (Wildman–Crippen LogP) is 2.07. The lowest BCUT2D eigenvalue weighted by Crippen LogP contribution is -2.43. The summed E-state index contributed by atoms with van der Waals surface area (Å²) in [5.74, 6) is 0. The zero-order valence-corrected chi connectivity index (χ0v) is 15.8. The molecule has 1 aromatic rings. The van der Waals surface area contributed by atoms with Crippen molar-refractivity contribution in [2.45, 2.75) is 38.9 Å². The molecule has 0 radical (unpaired) electrons. The third kappa shape index (κ3) is 3.92. The minimum atomic E-state index is -0.391. The Kier molecular flexibility index (Phi) is 5.25. The summed E-state index contributed by atoms with van der Waals surface area (Å²) in [5.41, 5.74) is 8.66. The number of anilines is 1. The van der Waals surface area contributed by atoms with Crippen LogP contribution in [0.4, 0.5) is 5.69 Å². The molecule has 0 amide bonds. The summed E-state index contributed by atoms with van der Waals surface area (Å²) in [5, 5.41) is 3.39. The van der Waals surface area contributed by atoms with Crippen LogP contribution in [0.2, 0.25) is 0 Å². The summed E-state index contributed by atoms with van der Waals surface area (Å²) in [6.45, 7) is 12.8. The Morgan fingerprint density at radius 1 is 1.20 bits per heavy atom. The van der Waals surface area contributed by atoms with Crippen molar-refractivity contribution < 1.29 is 9.31 Å². The molecule has 25 heavy (non-hydrogen) atoms. The maximum atomic E-state index is 6.15. The number of benzene rings is 1. The molecule has 2 heterocycles. The number of nitrogens with two attached hydrogens (primary N) is 1. The molecule has 2 saturated heterocycles. The van der Waals surface area contributed by atoms with Crippen LogP contribution in [0.15, 0.2) is 29.7 Å². The van der Waals surface area contributed by atoms with Crippen molar-refractivity contribution in [3.8, 4) is 0 Å². The lowest BCUT2D eigenvalue weighted by Gasteiger charge is -2.32. The van der Waals surface area contributed by atoms with Crippen molar-refractivity contribution in [1.29, 1.82) is 0 Å². The molecule has 2 aliphatic heterocycles. The maximum Gasteiger partial charge on any atom is 0.491 e. The Morgan fingerprint density at radius 3 is 2.44 bits per heavy atom. The minimum absolute atomic E-state index is 0.353. The van der Waals surface area contributed by atoms with Gasteiger partial charge in [-0.25, -0.2) is 0 Å². The second kappa shape index (κ2) is 7.12. The normalized spacial score (nSPS) is 23.2. The van der Waals surface area contributed by atoms with Gasteiger partial charge in [-0.05, 0) is 50.9 Å². The summed E-state index contributed by atoms with van der Waals surface area (Å²) in [6, 6.07) is 8.58. The SMILES string of the molecule is CC1(C)OB(C(=Cc2cccc(N3CCNCC3)c2)CN)OC1(C)C. The van der Waals surface area contributed by atoms with Crippen LogP contribution in [0.5, 0.6) is 0 Å². The molecule has 3 N–H and O–H groups in total. The van der Waals surface area contributed by atoms with Crippen molar-refractivity contribution in [2.75, 3.05) is 37.6 Å². The molecule has 2 fully saturated rings. The summed E-state index contributed by atoms with van der Waals surface area (Å²) in [7, 11) is -0.391. The molecule has 0 aliphatic carbocycles. The molecule has 0 saturated carbocycles. The van der Waals surface area contributed by atoms with E-state index in [0.717, 1.165) is 37.2 Å². The van der Waals surface area contributed by atoms with E-state index in [1.54, 1.807) is 0 Å². The first kappa shape index (κ1) is 18.5. The van der Waals surface area contributed by atoms with E-state index in [1.807, 2.05) is 0 Å². The van der Waals surface area contributed by atoms with Crippen molar-refractivity contribution in [3.05, 3.63) is 35.3 Å². The molecular formula is C19H30BN3O2. The molecule has 0 unspecified atom stereocenters. The summed E-state index contributed by atoms with van der Waals surface area (Å²) in [6.07, 6.45) is 2.11. The third-order valence-corrected chi connectivity index (χ3v) is 5.50. The first-order valence-electron chi connectivity index (χ1n) is 9.14. The van der Waals surface area contributed by atoms with E-state index in [4.69, 9.17) is 15.0 Å². The van der Waals surface area contributed by atoms with E-state index in [1.165, 1.54) is 5.69 Å². The van der Waals surface area contributed by atoms with Crippen molar-refractivity contribution in [3.63, 3.8) is 0 Å². The van der Waals surface area contributed by atoms with E-state index in [9.17, 15) is 0 Å². The number of rotatable bonds is 4. The van der Waals surface area contributed by atoms with E-state index in [-0.39, 0.29) is 11.2 Å². The first-order valence-corrected chi connectivity index (χ1v) is 9.14. The highest BCUT2D eigenvalue weighted by molar-refractivity contribution is 6.55. The van der Waals surface area contributed by atoms with Crippen molar-refractivity contribution >= 4 is 18.9 Å². The van der Waals surface area contributed by atoms with Crippen LogP contribution in [0, 0.1) is 0 Å². The Labute approximate surface area is 151 Å². The summed E-state index contributed by atoms with van der Waals surface area (Å²) >= 11 is 0. The van der Waals surface area contributed by atoms with Gasteiger partial charge < -0.3 is 25.3 Å². The molecule has 1 aromatic carbocycles. The molecule has 2 aliphatic rings. The van der Waals surface area contributed by atoms with Gasteiger partial charge in [0.1, 0.15) is 0 Å². The van der Waals surface area contributed by atoms with Gasteiger partial charge in [0.15, 0.2) is 0 Å². The monoisotopic (exact) mass is 343 g/mol. The molecule has 0 spiro atoms. The second-order valence-corrected chi connectivity index (χ2v) is 7.84. The zero-order chi connectivity index (χ0) is 18.1. The number of nitrogens with zero attached hydrogens (tertiary/aromatic N) is 1. The fraction of sp³-hybridized carbons (Fsp3) is 0.579. The van der Waals surface area contributed by atoms with E-state index in [0.29, 0.717) is 6.54 Å². The number of nitrogens with one attached hydrogen (secondary N) is 1. The minimum Gasteiger partial charge on any atom is -0.400 e. The Hall–Kier alpha value is -1.34. The Bertz CT molecular complexity index is 623. The van der Waals surface area contributed by atoms with Crippen molar-refractivity contribution in [1.82, 2.24) is 5.32 Å². The van der Waals surface area contributed by atoms with E-state index in [2.05, 4.69) is 68.3 Å². The van der Waals surface area contributed by atoms with Gasteiger partial charge in [0, 0.05) is 38.4 Å². The smallest absolute Gasteiger partial charge is 0.400 e. The standard InChI is InChI=1S/C19H30BN3O2/c1-18(2)19(3,4)25-20(24-18)16(14-21)12-15-6-5-7-17(13-15)23-10-8-22-9-11-23/h5-7,12-13,22H,8-11,14,21H2,1-4H3. The molecule has 0 aromatic heterocycles. The highest BCUT2D eigenvalue weighted by Crippen LogP contribution is 2.38. The van der Waals surface area contributed by atoms with Crippen LogP contribution >= 0.6 is 0 Å². The van der Waals surface area contributed by atoms with Gasteiger partial charge >= 0.3 is 7.12 Å². The van der Waals surface area contributed by atoms with Crippen LogP contribution in [0.25, 0.3) is 6.08 Å². The fourth-order valence-corrected chi connectivity index (χ4v) is 3.17. The molecule has 136 valence electrons. The fourth-order valence-electron chi connectivity index (χ4n) is 3.17. The first-order chi connectivity index (χ1) is 11.8. The largest absolute Gasteiger partial charge is 0.491 e. The summed E-state index contributed by atoms with van der Waals surface area (Å²) in [4.78, 5) is 2.41. The molecule has 0 atom stereocenters. The molecule has 5 nitrogen and oxygen atoms in total. The average Bonchev–Trinajstić information content (AvgIpc) is 2.81. The highest BCUT2D eigenvalue weighted by Gasteiger charge is 2.52. The quantitative estimate of drug-likeness (QED) is 0.820. The molecule has 3 rings (SSSR count). The molecular weight excluding hydrogens is 313 g/mol. The topological polar surface area (TPSA) is 59.8 Å². The lowest BCUT2D eigenvalue weighted by molar-refractivity contribution is 0.00578. The van der Waals surface area contributed by atoms with Gasteiger partial charge in [-0.2, -0.15) is 0 Å². The van der Waals surface area contributed by atoms with Crippen LogP contribution in [0.1, 0.15) is 33.3 Å². The molecule has 6 heteroatoms. The molecule has 0 bridgehead atoms. The average molecular weight is 343 g/mol. The number of hydrogen-bond donors (Lipinski definition) is 2. The highest BCUT2D eigenvalue weighted by atomic mass is 16.7. The van der Waals surface area contributed by atoms with Gasteiger partial charge in [-0.15, -0.1) is 0 Å². The third-order valence-electron chi connectivity index (χ3n) is 5.50. The lowest BCUT2D eigenvalue weighted by atomic mass is 9.77. The van der Waals surface area contributed by atoms with Crippen LogP contribution in [-0.4, -0.2) is 51.0 Å². The Balaban J connectivity index is 1.81. The number of piperazine rings is 1. The van der Waals surface area contributed by atoms with Gasteiger partial charge in [0.25, 0.3) is 0 Å². The van der Waals surface area contributed by atoms with Crippen LogP contribution in [0.3, 0.4) is 0 Å². The van der Waals surface area contributed by atoms with Crippen LogP contribution < -0.4 is 16.0 Å². The summed E-state index contributed by atoms with van der Waals surface area (Å²) < 4.78 is 12.3. The van der Waals surface area contributed by atoms with Gasteiger partial charge in [0.05, 0.1) is 11.2 Å². The van der Waals surface area contributed by atoms with Crippen molar-refractivity contribution in [2.24, 2.45) is 5.73 Å². The maximum absolute atomic E-state index is 6.15. The predicted molar refractivity (Wildman–Crippen MR) is 105 cm³/mol. The van der Waals surface area contributed by atoms with E-state index < -0.39 is 7.12 Å². The van der Waals surface area contributed by atoms with Crippen LogP contribution in [-0.2, 0) is 9.31 Å². The second-order valence-electron chi connectivity index (χ2n) is 7.84. The van der Waals surface area contributed by atoms with Gasteiger partial charge in [-0.3, -0.25) is 0 Å². The van der Waals surface area contributed by atoms with Gasteiger partial charge in [-0.1, -0.05) is 18.2 Å².